The summed E-state index contributed by atoms with van der Waals surface area (Å²) >= 11 is 0. The maximum Gasteiger partial charge on any atom is 0.276 e. The van der Waals surface area contributed by atoms with Gasteiger partial charge in [-0.05, 0) is 35.2 Å². The Hall–Kier alpha value is -3.35. The van der Waals surface area contributed by atoms with Gasteiger partial charge in [-0.1, -0.05) is 39.0 Å². The van der Waals surface area contributed by atoms with Gasteiger partial charge < -0.3 is 20.4 Å². The molecule has 2 N–H and O–H groups in total. The molecule has 3 amide bonds. The number of nitrogens with zero attached hydrogens (tertiary/aromatic N) is 2. The van der Waals surface area contributed by atoms with Crippen molar-refractivity contribution in [2.75, 3.05) is 30.9 Å². The normalized spacial score (nSPS) is 20.2. The quantitative estimate of drug-likeness (QED) is 0.803. The van der Waals surface area contributed by atoms with Crippen LogP contribution < -0.4 is 15.5 Å². The van der Waals surface area contributed by atoms with Crippen LogP contribution in [-0.2, 0) is 20.7 Å². The Bertz CT molecular complexity index is 1070. The Morgan fingerprint density at radius 2 is 1.83 bits per heavy atom. The molecule has 2 aliphatic rings. The van der Waals surface area contributed by atoms with Crippen LogP contribution in [0.2, 0.25) is 0 Å². The summed E-state index contributed by atoms with van der Waals surface area (Å²) in [7, 11) is 3.17. The number of hydrogen-bond donors (Lipinski definition) is 2. The van der Waals surface area contributed by atoms with E-state index in [1.807, 2.05) is 18.2 Å². The fraction of sp³-hybridized carbons (Fsp3) is 0.348. The molecule has 1 atom stereocenters. The number of hydrogen-bond acceptors (Lipinski definition) is 4. The van der Waals surface area contributed by atoms with Crippen molar-refractivity contribution < 1.29 is 14.4 Å². The van der Waals surface area contributed by atoms with Gasteiger partial charge >= 0.3 is 0 Å². The van der Waals surface area contributed by atoms with E-state index >= 15 is 0 Å². The summed E-state index contributed by atoms with van der Waals surface area (Å²) in [4.78, 5) is 42.5. The SMILES string of the molecule is CNC(=O)CN1c2ccccc2C(=O)N(C)[C@]12C(=O)Nc1ccc(C(C)(C)C)cc12. The zero-order chi connectivity index (χ0) is 21.8. The summed E-state index contributed by atoms with van der Waals surface area (Å²) in [5.41, 5.74) is 1.79. The lowest BCUT2D eigenvalue weighted by Gasteiger charge is -2.50. The molecular formula is C23H26N4O3. The number of benzene rings is 2. The highest BCUT2D eigenvalue weighted by molar-refractivity contribution is 6.15. The average molecular weight is 406 g/mol. The number of carbonyl (C=O) groups is 3. The third kappa shape index (κ3) is 2.61. The summed E-state index contributed by atoms with van der Waals surface area (Å²) in [5.74, 6) is -0.860. The zero-order valence-corrected chi connectivity index (χ0v) is 17.9. The van der Waals surface area contributed by atoms with E-state index in [9.17, 15) is 14.4 Å². The van der Waals surface area contributed by atoms with Crippen LogP contribution in [0.4, 0.5) is 11.4 Å². The second kappa shape index (κ2) is 6.58. The molecule has 0 radical (unpaired) electrons. The largest absolute Gasteiger partial charge is 0.358 e. The molecule has 2 aromatic carbocycles. The van der Waals surface area contributed by atoms with Crippen molar-refractivity contribution in [3.05, 3.63) is 59.2 Å². The Morgan fingerprint density at radius 1 is 1.13 bits per heavy atom. The van der Waals surface area contributed by atoms with Gasteiger partial charge in [0.15, 0.2) is 0 Å². The first kappa shape index (κ1) is 19.9. The highest BCUT2D eigenvalue weighted by atomic mass is 16.2. The number of rotatable bonds is 2. The lowest BCUT2D eigenvalue weighted by Crippen LogP contribution is -2.66. The number of anilines is 2. The predicted octanol–water partition coefficient (Wildman–Crippen LogP) is 2.43. The van der Waals surface area contributed by atoms with Crippen LogP contribution in [-0.4, -0.2) is 43.3 Å². The lowest BCUT2D eigenvalue weighted by molar-refractivity contribution is -0.127. The number of nitrogens with one attached hydrogen (secondary N) is 2. The van der Waals surface area contributed by atoms with E-state index in [1.54, 1.807) is 43.3 Å². The van der Waals surface area contributed by atoms with Crippen LogP contribution in [0, 0.1) is 0 Å². The van der Waals surface area contributed by atoms with Gasteiger partial charge in [0, 0.05) is 25.3 Å². The van der Waals surface area contributed by atoms with Crippen LogP contribution in [0.25, 0.3) is 0 Å². The molecule has 0 unspecified atom stereocenters. The van der Waals surface area contributed by atoms with Crippen LogP contribution in [0.5, 0.6) is 0 Å². The predicted molar refractivity (Wildman–Crippen MR) is 115 cm³/mol. The number of carbonyl (C=O) groups excluding carboxylic acids is 3. The topological polar surface area (TPSA) is 81.8 Å². The minimum absolute atomic E-state index is 0.0717. The molecule has 7 heteroatoms. The molecule has 0 saturated heterocycles. The summed E-state index contributed by atoms with van der Waals surface area (Å²) in [5, 5.41) is 5.57. The molecule has 0 aliphatic carbocycles. The average Bonchev–Trinajstić information content (AvgIpc) is 3.00. The molecule has 2 aliphatic heterocycles. The third-order valence-electron chi connectivity index (χ3n) is 6.01. The Morgan fingerprint density at radius 3 is 2.50 bits per heavy atom. The van der Waals surface area contributed by atoms with Gasteiger partial charge in [-0.3, -0.25) is 14.4 Å². The number of fused-ring (bicyclic) bond motifs is 3. The number of likely N-dealkylation sites (N-methyl/N-ethyl adjacent to an activating group) is 2. The van der Waals surface area contributed by atoms with Gasteiger partial charge in [-0.2, -0.15) is 0 Å². The summed E-state index contributed by atoms with van der Waals surface area (Å²) < 4.78 is 0. The third-order valence-corrected chi connectivity index (χ3v) is 6.01. The molecule has 30 heavy (non-hydrogen) atoms. The van der Waals surface area contributed by atoms with E-state index in [4.69, 9.17) is 0 Å². The zero-order valence-electron chi connectivity index (χ0n) is 17.9. The summed E-state index contributed by atoms with van der Waals surface area (Å²) in [6.45, 7) is 6.22. The van der Waals surface area contributed by atoms with Crippen molar-refractivity contribution in [3.8, 4) is 0 Å². The minimum atomic E-state index is -1.45. The van der Waals surface area contributed by atoms with Crippen molar-refractivity contribution in [2.45, 2.75) is 31.8 Å². The van der Waals surface area contributed by atoms with Crippen LogP contribution in [0.15, 0.2) is 42.5 Å². The van der Waals surface area contributed by atoms with Crippen LogP contribution >= 0.6 is 0 Å². The maximum absolute atomic E-state index is 13.5. The highest BCUT2D eigenvalue weighted by Crippen LogP contribution is 2.49. The van der Waals surface area contributed by atoms with Crippen molar-refractivity contribution in [1.29, 1.82) is 0 Å². The highest BCUT2D eigenvalue weighted by Gasteiger charge is 2.59. The van der Waals surface area contributed by atoms with Crippen LogP contribution in [0.1, 0.15) is 42.3 Å². The lowest BCUT2D eigenvalue weighted by atomic mass is 9.83. The van der Waals surface area contributed by atoms with E-state index < -0.39 is 5.66 Å². The van der Waals surface area contributed by atoms with Crippen molar-refractivity contribution in [3.63, 3.8) is 0 Å². The standard InChI is InChI=1S/C23H26N4O3/c1-22(2,3)14-10-11-17-16(12-14)23(21(30)25-17)26(5)20(29)15-8-6-7-9-18(15)27(23)13-19(28)24-4/h6-12H,13H2,1-5H3,(H,24,28)(H,25,30)/t23-/m0/s1. The molecule has 4 rings (SSSR count). The maximum atomic E-state index is 13.5. The Labute approximate surface area is 176 Å². The van der Waals surface area contributed by atoms with Gasteiger partial charge in [-0.25, -0.2) is 0 Å². The Balaban J connectivity index is 2.03. The molecule has 0 bridgehead atoms. The van der Waals surface area contributed by atoms with Gasteiger partial charge in [0.2, 0.25) is 11.6 Å². The van der Waals surface area contributed by atoms with Gasteiger partial charge in [-0.15, -0.1) is 0 Å². The summed E-state index contributed by atoms with van der Waals surface area (Å²) in [6, 6.07) is 12.9. The first-order chi connectivity index (χ1) is 14.1. The molecule has 2 aromatic rings. The van der Waals surface area contributed by atoms with E-state index in [0.29, 0.717) is 22.5 Å². The van der Waals surface area contributed by atoms with E-state index in [0.717, 1.165) is 5.56 Å². The molecule has 7 nitrogen and oxygen atoms in total. The fourth-order valence-corrected chi connectivity index (χ4v) is 4.34. The van der Waals surface area contributed by atoms with Gasteiger partial charge in [0.1, 0.15) is 0 Å². The van der Waals surface area contributed by atoms with E-state index in [-0.39, 0.29) is 29.7 Å². The van der Waals surface area contributed by atoms with Crippen molar-refractivity contribution in [1.82, 2.24) is 10.2 Å². The van der Waals surface area contributed by atoms with Crippen molar-refractivity contribution >= 4 is 29.1 Å². The van der Waals surface area contributed by atoms with E-state index in [2.05, 4.69) is 31.4 Å². The molecule has 1 spiro atoms. The second-order valence-corrected chi connectivity index (χ2v) is 8.78. The first-order valence-corrected chi connectivity index (χ1v) is 9.94. The van der Waals surface area contributed by atoms with Crippen LogP contribution in [0.3, 0.4) is 0 Å². The smallest absolute Gasteiger partial charge is 0.276 e. The Kier molecular flexibility index (Phi) is 4.38. The van der Waals surface area contributed by atoms with Crippen molar-refractivity contribution in [2.24, 2.45) is 0 Å². The molecular weight excluding hydrogens is 380 g/mol. The molecule has 0 fully saturated rings. The molecule has 2 heterocycles. The fourth-order valence-electron chi connectivity index (χ4n) is 4.34. The molecule has 0 aromatic heterocycles. The molecule has 156 valence electrons. The molecule has 0 saturated carbocycles. The second-order valence-electron chi connectivity index (χ2n) is 8.78. The number of amides is 3. The first-order valence-electron chi connectivity index (χ1n) is 9.94. The minimum Gasteiger partial charge on any atom is -0.358 e. The number of para-hydroxylation sites is 1. The summed E-state index contributed by atoms with van der Waals surface area (Å²) in [6.07, 6.45) is 0. The van der Waals surface area contributed by atoms with Gasteiger partial charge in [0.05, 0.1) is 17.8 Å². The van der Waals surface area contributed by atoms with E-state index in [1.165, 1.54) is 4.90 Å². The monoisotopic (exact) mass is 406 g/mol. The van der Waals surface area contributed by atoms with Gasteiger partial charge in [0.25, 0.3) is 11.8 Å².